The molecule has 0 saturated heterocycles. The summed E-state index contributed by atoms with van der Waals surface area (Å²) in [6, 6.07) is 0. The van der Waals surface area contributed by atoms with Crippen LogP contribution in [0.1, 0.15) is 90.4 Å². The van der Waals surface area contributed by atoms with Crippen LogP contribution in [0.3, 0.4) is 0 Å². The lowest BCUT2D eigenvalue weighted by Gasteiger charge is -2.39. The Hall–Kier alpha value is 0.220. The van der Waals surface area contributed by atoms with E-state index in [1.165, 1.54) is 70.6 Å². The molecule has 0 heterocycles. The molecule has 0 bridgehead atoms. The van der Waals surface area contributed by atoms with Crippen LogP contribution >= 0.6 is 11.6 Å². The summed E-state index contributed by atoms with van der Waals surface area (Å²) < 4.78 is 14.4. The second-order valence-electron chi connectivity index (χ2n) is 9.07. The first-order valence-electron chi connectivity index (χ1n) is 10.4. The summed E-state index contributed by atoms with van der Waals surface area (Å²) in [5.74, 6) is 3.57. The number of halogens is 2. The first kappa shape index (κ1) is 18.0. The van der Waals surface area contributed by atoms with E-state index in [-0.39, 0.29) is 0 Å². The van der Waals surface area contributed by atoms with E-state index >= 15 is 0 Å². The Morgan fingerprint density at radius 2 is 1.35 bits per heavy atom. The maximum Gasteiger partial charge on any atom is 0.103 e. The lowest BCUT2D eigenvalue weighted by molar-refractivity contribution is 0.0611. The van der Waals surface area contributed by atoms with Gasteiger partial charge in [-0.3, -0.25) is 0 Å². The molecular formula is C21H36ClF. The zero-order chi connectivity index (χ0) is 16.2. The van der Waals surface area contributed by atoms with Crippen molar-refractivity contribution in [2.75, 3.05) is 0 Å². The van der Waals surface area contributed by atoms with Crippen molar-refractivity contribution in [3.05, 3.63) is 0 Å². The van der Waals surface area contributed by atoms with E-state index in [0.29, 0.717) is 23.1 Å². The highest BCUT2D eigenvalue weighted by Gasteiger charge is 2.36. The minimum Gasteiger partial charge on any atom is -0.247 e. The fraction of sp³-hybridized carbons (Fsp3) is 1.00. The van der Waals surface area contributed by atoms with Crippen LogP contribution in [0.25, 0.3) is 0 Å². The lowest BCUT2D eigenvalue weighted by Crippen LogP contribution is -2.33. The highest BCUT2D eigenvalue weighted by atomic mass is 35.5. The zero-order valence-corrected chi connectivity index (χ0v) is 15.7. The monoisotopic (exact) mass is 342 g/mol. The molecule has 0 radical (unpaired) electrons. The van der Waals surface area contributed by atoms with Crippen molar-refractivity contribution in [1.29, 1.82) is 0 Å². The molecule has 0 aliphatic heterocycles. The van der Waals surface area contributed by atoms with Crippen LogP contribution in [-0.4, -0.2) is 11.5 Å². The summed E-state index contributed by atoms with van der Waals surface area (Å²) in [6.07, 6.45) is 16.1. The van der Waals surface area contributed by atoms with Crippen LogP contribution in [0.2, 0.25) is 0 Å². The second kappa shape index (κ2) is 8.54. The van der Waals surface area contributed by atoms with Gasteiger partial charge in [-0.25, -0.2) is 4.39 Å². The number of hydrogen-bond donors (Lipinski definition) is 0. The number of rotatable bonds is 4. The average Bonchev–Trinajstić information content (AvgIpc) is 2.55. The second-order valence-corrected chi connectivity index (χ2v) is 9.69. The summed E-state index contributed by atoms with van der Waals surface area (Å²) in [6.45, 7) is 2.22. The van der Waals surface area contributed by atoms with Gasteiger partial charge in [-0.2, -0.15) is 0 Å². The molecule has 3 atom stereocenters. The van der Waals surface area contributed by atoms with E-state index in [0.717, 1.165) is 24.7 Å². The van der Waals surface area contributed by atoms with Crippen LogP contribution < -0.4 is 0 Å². The molecule has 0 aromatic heterocycles. The quantitative estimate of drug-likeness (QED) is 0.476. The summed E-state index contributed by atoms with van der Waals surface area (Å²) in [7, 11) is 0. The van der Waals surface area contributed by atoms with Crippen molar-refractivity contribution in [2.45, 2.75) is 102 Å². The molecular weight excluding hydrogens is 307 g/mol. The van der Waals surface area contributed by atoms with Crippen molar-refractivity contribution in [3.63, 3.8) is 0 Å². The molecule has 3 saturated carbocycles. The minimum atomic E-state index is -0.508. The van der Waals surface area contributed by atoms with Gasteiger partial charge in [0.25, 0.3) is 0 Å². The normalized spacial score (nSPS) is 45.8. The molecule has 0 aromatic carbocycles. The lowest BCUT2D eigenvalue weighted by atomic mass is 9.68. The maximum atomic E-state index is 14.4. The van der Waals surface area contributed by atoms with E-state index in [1.54, 1.807) is 0 Å². The molecule has 3 aliphatic rings. The van der Waals surface area contributed by atoms with Gasteiger partial charge in [-0.05, 0) is 81.0 Å². The fourth-order valence-corrected chi connectivity index (χ4v) is 5.90. The first-order chi connectivity index (χ1) is 11.1. The third-order valence-electron chi connectivity index (χ3n) is 7.34. The molecule has 0 amide bonds. The molecule has 0 spiro atoms. The molecule has 3 unspecified atom stereocenters. The number of alkyl halides is 2. The molecule has 0 N–H and O–H groups in total. The van der Waals surface area contributed by atoms with Gasteiger partial charge in [-0.15, -0.1) is 11.6 Å². The van der Waals surface area contributed by atoms with Crippen LogP contribution in [-0.2, 0) is 0 Å². The van der Waals surface area contributed by atoms with Crippen molar-refractivity contribution < 1.29 is 4.39 Å². The van der Waals surface area contributed by atoms with Gasteiger partial charge in [0.1, 0.15) is 6.17 Å². The molecule has 134 valence electrons. The van der Waals surface area contributed by atoms with Crippen molar-refractivity contribution in [2.24, 2.45) is 29.6 Å². The van der Waals surface area contributed by atoms with Crippen LogP contribution in [0.4, 0.5) is 4.39 Å². The van der Waals surface area contributed by atoms with Gasteiger partial charge in [0.15, 0.2) is 0 Å². The van der Waals surface area contributed by atoms with Crippen molar-refractivity contribution >= 4 is 11.6 Å². The topological polar surface area (TPSA) is 0 Å². The van der Waals surface area contributed by atoms with Gasteiger partial charge >= 0.3 is 0 Å². The van der Waals surface area contributed by atoms with Gasteiger partial charge in [-0.1, -0.05) is 39.0 Å². The highest BCUT2D eigenvalue weighted by molar-refractivity contribution is 6.20. The molecule has 3 rings (SSSR count). The predicted molar refractivity (Wildman–Crippen MR) is 97.7 cm³/mol. The standard InChI is InChI=1S/C21H36ClF/c1-15-2-13-20(21(23)14-15)18-9-5-16(6-10-18)3-4-17-7-11-19(22)12-8-17/h15-21H,2-14H2,1H3. The molecule has 23 heavy (non-hydrogen) atoms. The van der Waals surface area contributed by atoms with Gasteiger partial charge < -0.3 is 0 Å². The summed E-state index contributed by atoms with van der Waals surface area (Å²) in [4.78, 5) is 0. The van der Waals surface area contributed by atoms with E-state index in [9.17, 15) is 4.39 Å². The molecule has 0 aromatic rings. The van der Waals surface area contributed by atoms with Gasteiger partial charge in [0.05, 0.1) is 0 Å². The van der Waals surface area contributed by atoms with Crippen LogP contribution in [0, 0.1) is 29.6 Å². The van der Waals surface area contributed by atoms with Crippen LogP contribution in [0.15, 0.2) is 0 Å². The third kappa shape index (κ3) is 5.10. The molecule has 3 aliphatic carbocycles. The Morgan fingerprint density at radius 3 is 1.91 bits per heavy atom. The maximum absolute atomic E-state index is 14.4. The summed E-state index contributed by atoms with van der Waals surface area (Å²) in [5.41, 5.74) is 0. The summed E-state index contributed by atoms with van der Waals surface area (Å²) in [5, 5.41) is 0.452. The Labute approximate surface area is 147 Å². The number of hydrogen-bond acceptors (Lipinski definition) is 0. The minimum absolute atomic E-state index is 0.395. The third-order valence-corrected chi connectivity index (χ3v) is 7.78. The fourth-order valence-electron chi connectivity index (χ4n) is 5.65. The Morgan fingerprint density at radius 1 is 0.783 bits per heavy atom. The Kier molecular flexibility index (Phi) is 6.70. The van der Waals surface area contributed by atoms with E-state index in [2.05, 4.69) is 6.92 Å². The van der Waals surface area contributed by atoms with Gasteiger partial charge in [0.2, 0.25) is 0 Å². The largest absolute Gasteiger partial charge is 0.247 e. The Bertz CT molecular complexity index is 342. The van der Waals surface area contributed by atoms with E-state index in [4.69, 9.17) is 11.6 Å². The summed E-state index contributed by atoms with van der Waals surface area (Å²) >= 11 is 6.21. The molecule has 2 heteroatoms. The smallest absolute Gasteiger partial charge is 0.103 e. The predicted octanol–water partition coefficient (Wildman–Crippen LogP) is 7.14. The zero-order valence-electron chi connectivity index (χ0n) is 15.0. The highest BCUT2D eigenvalue weighted by Crippen LogP contribution is 2.44. The SMILES string of the molecule is CC1CCC(C2CCC(CCC3CCC(Cl)CC3)CC2)C(F)C1. The molecule has 0 nitrogen and oxygen atoms in total. The molecule has 3 fully saturated rings. The van der Waals surface area contributed by atoms with Crippen molar-refractivity contribution in [1.82, 2.24) is 0 Å². The first-order valence-corrected chi connectivity index (χ1v) is 10.8. The van der Waals surface area contributed by atoms with Gasteiger partial charge in [0, 0.05) is 5.38 Å². The van der Waals surface area contributed by atoms with E-state index in [1.807, 2.05) is 0 Å². The Balaban J connectivity index is 1.35. The average molecular weight is 343 g/mol. The van der Waals surface area contributed by atoms with E-state index < -0.39 is 6.17 Å². The van der Waals surface area contributed by atoms with Crippen LogP contribution in [0.5, 0.6) is 0 Å². The van der Waals surface area contributed by atoms with Crippen molar-refractivity contribution in [3.8, 4) is 0 Å².